The van der Waals surface area contributed by atoms with E-state index in [1.54, 1.807) is 18.3 Å². The molecule has 0 spiro atoms. The van der Waals surface area contributed by atoms with E-state index < -0.39 is 0 Å². The third-order valence-electron chi connectivity index (χ3n) is 3.69. The number of nitrogens with zero attached hydrogens (tertiary/aromatic N) is 1. The smallest absolute Gasteiger partial charge is 0.224 e. The molecule has 0 atom stereocenters. The summed E-state index contributed by atoms with van der Waals surface area (Å²) in [5.74, 6) is -0.411. The second-order valence-electron chi connectivity index (χ2n) is 5.46. The van der Waals surface area contributed by atoms with Crippen LogP contribution in [0, 0.1) is 5.82 Å². The van der Waals surface area contributed by atoms with Crippen molar-refractivity contribution in [1.29, 1.82) is 0 Å². The maximum Gasteiger partial charge on any atom is 0.224 e. The second kappa shape index (κ2) is 7.51. The minimum absolute atomic E-state index is 0.107. The Morgan fingerprint density at radius 3 is 2.46 bits per heavy atom. The first-order valence-electron chi connectivity index (χ1n) is 7.73. The lowest BCUT2D eigenvalue weighted by Crippen LogP contribution is -2.25. The SMILES string of the molecule is O=C(Cc1ccc(F)cc1)NCc1cccnc1-c1ccccc1. The van der Waals surface area contributed by atoms with Crippen LogP contribution in [0.25, 0.3) is 11.3 Å². The van der Waals surface area contributed by atoms with Crippen LogP contribution in [-0.4, -0.2) is 10.9 Å². The molecule has 2 aromatic carbocycles. The van der Waals surface area contributed by atoms with E-state index in [1.807, 2.05) is 42.5 Å². The van der Waals surface area contributed by atoms with Gasteiger partial charge in [-0.15, -0.1) is 0 Å². The van der Waals surface area contributed by atoms with Gasteiger partial charge in [0.25, 0.3) is 0 Å². The van der Waals surface area contributed by atoms with E-state index in [-0.39, 0.29) is 18.1 Å². The van der Waals surface area contributed by atoms with E-state index in [4.69, 9.17) is 0 Å². The van der Waals surface area contributed by atoms with Crippen molar-refractivity contribution in [1.82, 2.24) is 10.3 Å². The molecule has 3 rings (SSSR count). The standard InChI is InChI=1S/C20H17FN2O/c21-18-10-8-15(9-11-18)13-19(24)23-14-17-7-4-12-22-20(17)16-5-2-1-3-6-16/h1-12H,13-14H2,(H,23,24). The Morgan fingerprint density at radius 1 is 0.958 bits per heavy atom. The molecule has 1 amide bonds. The number of hydrogen-bond acceptors (Lipinski definition) is 2. The largest absolute Gasteiger partial charge is 0.352 e. The molecule has 1 heterocycles. The zero-order chi connectivity index (χ0) is 16.8. The summed E-state index contributed by atoms with van der Waals surface area (Å²) in [5, 5.41) is 2.90. The van der Waals surface area contributed by atoms with Gasteiger partial charge in [0.05, 0.1) is 12.1 Å². The molecule has 24 heavy (non-hydrogen) atoms. The van der Waals surface area contributed by atoms with Gasteiger partial charge in [0.2, 0.25) is 5.91 Å². The second-order valence-corrected chi connectivity index (χ2v) is 5.46. The normalized spacial score (nSPS) is 10.4. The molecule has 3 nitrogen and oxygen atoms in total. The summed E-state index contributed by atoms with van der Waals surface area (Å²) in [7, 11) is 0. The minimum Gasteiger partial charge on any atom is -0.352 e. The summed E-state index contributed by atoms with van der Waals surface area (Å²) in [6.07, 6.45) is 1.97. The number of benzene rings is 2. The number of pyridine rings is 1. The average Bonchev–Trinajstić information content (AvgIpc) is 2.63. The van der Waals surface area contributed by atoms with Gasteiger partial charge in [-0.05, 0) is 29.3 Å². The van der Waals surface area contributed by atoms with Crippen LogP contribution in [0.2, 0.25) is 0 Å². The van der Waals surface area contributed by atoms with Crippen molar-refractivity contribution in [3.63, 3.8) is 0 Å². The summed E-state index contributed by atoms with van der Waals surface area (Å²) in [6.45, 7) is 0.401. The van der Waals surface area contributed by atoms with E-state index >= 15 is 0 Å². The van der Waals surface area contributed by atoms with Crippen LogP contribution in [-0.2, 0) is 17.8 Å². The van der Waals surface area contributed by atoms with Gasteiger partial charge >= 0.3 is 0 Å². The summed E-state index contributed by atoms with van der Waals surface area (Å²) in [5.41, 5.74) is 3.61. The number of nitrogens with one attached hydrogen (secondary N) is 1. The molecule has 0 aliphatic rings. The van der Waals surface area contributed by atoms with Crippen LogP contribution < -0.4 is 5.32 Å². The van der Waals surface area contributed by atoms with E-state index in [0.29, 0.717) is 6.54 Å². The van der Waals surface area contributed by atoms with Gasteiger partial charge in [-0.2, -0.15) is 0 Å². The quantitative estimate of drug-likeness (QED) is 0.778. The van der Waals surface area contributed by atoms with E-state index in [9.17, 15) is 9.18 Å². The first kappa shape index (κ1) is 15.9. The zero-order valence-electron chi connectivity index (χ0n) is 13.1. The fourth-order valence-electron chi connectivity index (χ4n) is 2.48. The first-order chi connectivity index (χ1) is 11.7. The van der Waals surface area contributed by atoms with E-state index in [0.717, 1.165) is 22.4 Å². The predicted octanol–water partition coefficient (Wildman–Crippen LogP) is 3.75. The van der Waals surface area contributed by atoms with Crippen LogP contribution in [0.1, 0.15) is 11.1 Å². The molecule has 0 fully saturated rings. The molecule has 0 aliphatic carbocycles. The maximum absolute atomic E-state index is 12.9. The van der Waals surface area contributed by atoms with Crippen molar-refractivity contribution >= 4 is 5.91 Å². The van der Waals surface area contributed by atoms with E-state index in [2.05, 4.69) is 10.3 Å². The van der Waals surface area contributed by atoms with Gasteiger partial charge in [-0.25, -0.2) is 4.39 Å². The Bertz CT molecular complexity index is 817. The Labute approximate surface area is 140 Å². The molecular formula is C20H17FN2O. The third kappa shape index (κ3) is 4.04. The molecule has 1 aromatic heterocycles. The van der Waals surface area contributed by atoms with E-state index in [1.165, 1.54) is 12.1 Å². The molecule has 0 aliphatic heterocycles. The zero-order valence-corrected chi connectivity index (χ0v) is 13.1. The van der Waals surface area contributed by atoms with Gasteiger partial charge in [0.15, 0.2) is 0 Å². The lowest BCUT2D eigenvalue weighted by molar-refractivity contribution is -0.120. The Kier molecular flexibility index (Phi) is 4.96. The molecule has 0 saturated carbocycles. The number of halogens is 1. The van der Waals surface area contributed by atoms with Crippen LogP contribution in [0.5, 0.6) is 0 Å². The minimum atomic E-state index is -0.304. The summed E-state index contributed by atoms with van der Waals surface area (Å²) in [6, 6.07) is 19.6. The third-order valence-corrected chi connectivity index (χ3v) is 3.69. The molecule has 0 unspecified atom stereocenters. The molecule has 4 heteroatoms. The number of amides is 1. The monoisotopic (exact) mass is 320 g/mol. The van der Waals surface area contributed by atoms with Crippen molar-refractivity contribution in [2.45, 2.75) is 13.0 Å². The highest BCUT2D eigenvalue weighted by atomic mass is 19.1. The Morgan fingerprint density at radius 2 is 1.71 bits per heavy atom. The summed E-state index contributed by atoms with van der Waals surface area (Å²) >= 11 is 0. The van der Waals surface area contributed by atoms with Gasteiger partial charge in [-0.3, -0.25) is 9.78 Å². The lowest BCUT2D eigenvalue weighted by Gasteiger charge is -2.10. The van der Waals surface area contributed by atoms with Crippen LogP contribution in [0.3, 0.4) is 0 Å². The first-order valence-corrected chi connectivity index (χ1v) is 7.73. The fraction of sp³-hybridized carbons (Fsp3) is 0.100. The fourth-order valence-corrected chi connectivity index (χ4v) is 2.48. The van der Waals surface area contributed by atoms with Crippen molar-refractivity contribution < 1.29 is 9.18 Å². The highest BCUT2D eigenvalue weighted by Crippen LogP contribution is 2.20. The molecular weight excluding hydrogens is 303 g/mol. The van der Waals surface area contributed by atoms with Crippen LogP contribution in [0.15, 0.2) is 72.9 Å². The molecule has 0 bridgehead atoms. The Hall–Kier alpha value is -3.01. The number of hydrogen-bond donors (Lipinski definition) is 1. The summed E-state index contributed by atoms with van der Waals surface area (Å²) < 4.78 is 12.9. The van der Waals surface area contributed by atoms with Crippen molar-refractivity contribution in [3.05, 3.63) is 89.9 Å². The lowest BCUT2D eigenvalue weighted by atomic mass is 10.1. The topological polar surface area (TPSA) is 42.0 Å². The molecule has 120 valence electrons. The van der Waals surface area contributed by atoms with Gasteiger partial charge in [0, 0.05) is 18.3 Å². The van der Waals surface area contributed by atoms with Gasteiger partial charge < -0.3 is 5.32 Å². The van der Waals surface area contributed by atoms with Gasteiger partial charge in [0.1, 0.15) is 5.82 Å². The highest BCUT2D eigenvalue weighted by Gasteiger charge is 2.08. The predicted molar refractivity (Wildman–Crippen MR) is 91.6 cm³/mol. The van der Waals surface area contributed by atoms with Gasteiger partial charge in [-0.1, -0.05) is 48.5 Å². The van der Waals surface area contributed by atoms with Crippen molar-refractivity contribution in [3.8, 4) is 11.3 Å². The molecule has 3 aromatic rings. The van der Waals surface area contributed by atoms with Crippen LogP contribution in [0.4, 0.5) is 4.39 Å². The number of carbonyl (C=O) groups excluding carboxylic acids is 1. The van der Waals surface area contributed by atoms with Crippen LogP contribution >= 0.6 is 0 Å². The maximum atomic E-state index is 12.9. The molecule has 0 saturated heterocycles. The number of carbonyl (C=O) groups is 1. The number of rotatable bonds is 5. The Balaban J connectivity index is 1.66. The summed E-state index contributed by atoms with van der Waals surface area (Å²) in [4.78, 5) is 16.5. The average molecular weight is 320 g/mol. The molecule has 0 radical (unpaired) electrons. The van der Waals surface area contributed by atoms with Crippen molar-refractivity contribution in [2.75, 3.05) is 0 Å². The molecule has 1 N–H and O–H groups in total. The number of aromatic nitrogens is 1. The van der Waals surface area contributed by atoms with Crippen molar-refractivity contribution in [2.24, 2.45) is 0 Å². The highest BCUT2D eigenvalue weighted by molar-refractivity contribution is 5.78.